The normalized spacial score (nSPS) is 11.1. The summed E-state index contributed by atoms with van der Waals surface area (Å²) in [6.07, 6.45) is 2.84. The highest BCUT2D eigenvalue weighted by Gasteiger charge is 1.84. The van der Waals surface area contributed by atoms with Gasteiger partial charge in [0.15, 0.2) is 0 Å². The van der Waals surface area contributed by atoms with E-state index in [1.54, 1.807) is 13.0 Å². The average Bonchev–Trinajstić information content (AvgIpc) is 1.68. The second-order valence-electron chi connectivity index (χ2n) is 1.05. The van der Waals surface area contributed by atoms with Crippen LogP contribution in [0.25, 0.3) is 0 Å². The lowest BCUT2D eigenvalue weighted by atomic mass is 10.5. The third-order valence-corrected chi connectivity index (χ3v) is 0.466. The van der Waals surface area contributed by atoms with Crippen LogP contribution in [0.2, 0.25) is 0 Å². The fraction of sp³-hybridized carbons (Fsp3) is 0.250. The Bertz CT molecular complexity index is 113. The molecule has 0 saturated heterocycles. The molecule has 0 aliphatic carbocycles. The molecule has 0 spiro atoms. The lowest BCUT2D eigenvalue weighted by molar-refractivity contribution is -0.113. The van der Waals surface area contributed by atoms with Gasteiger partial charge in [-0.1, -0.05) is 16.4 Å². The van der Waals surface area contributed by atoms with Gasteiger partial charge in [0.2, 0.25) is 0 Å². The van der Waals surface area contributed by atoms with Gasteiger partial charge in [-0.25, -0.2) is 0 Å². The summed E-state index contributed by atoms with van der Waals surface area (Å²) in [4.78, 5) is 10.2. The van der Waals surface area contributed by atoms with Crippen LogP contribution in [-0.2, 0) is 4.79 Å². The van der Waals surface area contributed by atoms with Crippen LogP contribution < -0.4 is 5.84 Å². The zero-order valence-corrected chi connectivity index (χ0v) is 4.53. The quantitative estimate of drug-likeness (QED) is 0.231. The molecule has 0 atom stereocenters. The first-order valence-electron chi connectivity index (χ1n) is 2.09. The molecule has 4 heteroatoms. The van der Waals surface area contributed by atoms with Crippen molar-refractivity contribution in [1.82, 2.24) is 0 Å². The lowest BCUT2D eigenvalue weighted by Crippen LogP contribution is -1.86. The van der Waals surface area contributed by atoms with Crippen LogP contribution in [0, 0.1) is 0 Å². The summed E-state index contributed by atoms with van der Waals surface area (Å²) in [5.41, 5.74) is 0. The van der Waals surface area contributed by atoms with Crippen LogP contribution in [0.5, 0.6) is 0 Å². The van der Waals surface area contributed by atoms with Crippen molar-refractivity contribution in [2.75, 3.05) is 0 Å². The van der Waals surface area contributed by atoms with Gasteiger partial charge in [-0.2, -0.15) is 0 Å². The Balaban J connectivity index is 3.66. The maximum atomic E-state index is 10.2. The SMILES string of the molecule is C/C=C/C(=O)N=NN. The molecule has 0 heterocycles. The van der Waals surface area contributed by atoms with E-state index in [1.165, 1.54) is 6.08 Å². The first kappa shape index (κ1) is 6.81. The van der Waals surface area contributed by atoms with E-state index < -0.39 is 5.91 Å². The van der Waals surface area contributed by atoms with E-state index in [9.17, 15) is 4.79 Å². The summed E-state index contributed by atoms with van der Waals surface area (Å²) in [5, 5.41) is 5.77. The predicted molar refractivity (Wildman–Crippen MR) is 28.9 cm³/mol. The zero-order valence-electron chi connectivity index (χ0n) is 4.53. The molecule has 0 bridgehead atoms. The van der Waals surface area contributed by atoms with Crippen molar-refractivity contribution < 1.29 is 4.79 Å². The first-order valence-corrected chi connectivity index (χ1v) is 2.09. The Morgan fingerprint density at radius 3 is 2.75 bits per heavy atom. The Morgan fingerprint density at radius 1 is 1.75 bits per heavy atom. The molecule has 0 aromatic heterocycles. The maximum absolute atomic E-state index is 10.2. The molecular formula is C4H7N3O. The molecule has 1 amide bonds. The van der Waals surface area contributed by atoms with Crippen LogP contribution in [0.3, 0.4) is 0 Å². The second-order valence-corrected chi connectivity index (χ2v) is 1.05. The predicted octanol–water partition coefficient (Wildman–Crippen LogP) is 0.415. The van der Waals surface area contributed by atoms with Gasteiger partial charge < -0.3 is 5.84 Å². The number of nitrogens with zero attached hydrogens (tertiary/aromatic N) is 2. The Morgan fingerprint density at radius 2 is 2.38 bits per heavy atom. The third kappa shape index (κ3) is 3.02. The molecule has 0 fully saturated rings. The molecule has 0 aliphatic rings. The summed E-state index contributed by atoms with van der Waals surface area (Å²) in [6.45, 7) is 1.71. The topological polar surface area (TPSA) is 67.8 Å². The highest BCUT2D eigenvalue weighted by molar-refractivity contribution is 5.87. The first-order chi connectivity index (χ1) is 3.81. The van der Waals surface area contributed by atoms with Crippen molar-refractivity contribution in [3.8, 4) is 0 Å². The number of carbonyl (C=O) groups is 1. The van der Waals surface area contributed by atoms with E-state index >= 15 is 0 Å². The molecule has 0 unspecified atom stereocenters. The molecular weight excluding hydrogens is 106 g/mol. The number of amides is 1. The van der Waals surface area contributed by atoms with E-state index in [0.29, 0.717) is 0 Å². The van der Waals surface area contributed by atoms with Gasteiger partial charge in [0.1, 0.15) is 0 Å². The molecule has 0 radical (unpaired) electrons. The summed E-state index contributed by atoms with van der Waals surface area (Å²) in [7, 11) is 0. The smallest absolute Gasteiger partial charge is 0.289 e. The molecule has 0 aromatic carbocycles. The van der Waals surface area contributed by atoms with E-state index in [1.807, 2.05) is 0 Å². The number of nitrogens with two attached hydrogens (primary N) is 1. The Kier molecular flexibility index (Phi) is 3.39. The van der Waals surface area contributed by atoms with Gasteiger partial charge in [-0.3, -0.25) is 4.79 Å². The van der Waals surface area contributed by atoms with Crippen LogP contribution in [-0.4, -0.2) is 5.91 Å². The fourth-order valence-electron chi connectivity index (χ4n) is 0.233. The van der Waals surface area contributed by atoms with Gasteiger partial charge in [-0.05, 0) is 6.92 Å². The average molecular weight is 113 g/mol. The molecule has 44 valence electrons. The number of hydrogen-bond donors (Lipinski definition) is 1. The molecule has 8 heavy (non-hydrogen) atoms. The highest BCUT2D eigenvalue weighted by Crippen LogP contribution is 1.76. The van der Waals surface area contributed by atoms with Gasteiger partial charge in [-0.15, -0.1) is 0 Å². The standard InChI is InChI=1S/C4H7N3O/c1-2-3-4(8)6-7-5/h2-3H,1H3,(H2,5,6,8)/b3-2+. The van der Waals surface area contributed by atoms with Gasteiger partial charge in [0, 0.05) is 6.08 Å². The lowest BCUT2D eigenvalue weighted by Gasteiger charge is -1.73. The van der Waals surface area contributed by atoms with E-state index in [-0.39, 0.29) is 0 Å². The summed E-state index contributed by atoms with van der Waals surface area (Å²) < 4.78 is 0. The highest BCUT2D eigenvalue weighted by atomic mass is 16.1. The zero-order chi connectivity index (χ0) is 6.41. The molecule has 0 saturated carbocycles. The van der Waals surface area contributed by atoms with E-state index in [2.05, 4.69) is 16.2 Å². The number of allylic oxidation sites excluding steroid dienone is 1. The van der Waals surface area contributed by atoms with Crippen LogP contribution >= 0.6 is 0 Å². The molecule has 0 aromatic rings. The van der Waals surface area contributed by atoms with Crippen molar-refractivity contribution in [2.45, 2.75) is 6.92 Å². The van der Waals surface area contributed by atoms with Crippen molar-refractivity contribution in [1.29, 1.82) is 0 Å². The van der Waals surface area contributed by atoms with E-state index in [4.69, 9.17) is 0 Å². The fourth-order valence-corrected chi connectivity index (χ4v) is 0.233. The number of hydrogen-bond acceptors (Lipinski definition) is 2. The maximum Gasteiger partial charge on any atom is 0.289 e. The van der Waals surface area contributed by atoms with Crippen LogP contribution in [0.1, 0.15) is 6.92 Å². The third-order valence-electron chi connectivity index (χ3n) is 0.466. The van der Waals surface area contributed by atoms with Gasteiger partial charge in [0.25, 0.3) is 5.91 Å². The van der Waals surface area contributed by atoms with Crippen LogP contribution in [0.15, 0.2) is 22.5 Å². The largest absolute Gasteiger partial charge is 0.304 e. The number of carbonyl (C=O) groups excluding carboxylic acids is 1. The van der Waals surface area contributed by atoms with Gasteiger partial charge in [0.05, 0.1) is 0 Å². The number of rotatable bonds is 1. The van der Waals surface area contributed by atoms with Gasteiger partial charge >= 0.3 is 0 Å². The van der Waals surface area contributed by atoms with Crippen molar-refractivity contribution in [2.24, 2.45) is 16.2 Å². The summed E-state index contributed by atoms with van der Waals surface area (Å²) >= 11 is 0. The minimum atomic E-state index is -0.435. The Labute approximate surface area is 47.1 Å². The van der Waals surface area contributed by atoms with Crippen molar-refractivity contribution in [3.63, 3.8) is 0 Å². The van der Waals surface area contributed by atoms with Crippen molar-refractivity contribution in [3.05, 3.63) is 12.2 Å². The molecule has 4 nitrogen and oxygen atoms in total. The summed E-state index contributed by atoms with van der Waals surface area (Å²) in [6, 6.07) is 0. The second kappa shape index (κ2) is 3.98. The van der Waals surface area contributed by atoms with E-state index in [0.717, 1.165) is 0 Å². The minimum Gasteiger partial charge on any atom is -0.304 e. The minimum absolute atomic E-state index is 0.435. The molecule has 0 aliphatic heterocycles. The monoisotopic (exact) mass is 113 g/mol. The van der Waals surface area contributed by atoms with Crippen LogP contribution in [0.4, 0.5) is 0 Å². The Hall–Kier alpha value is -1.19. The summed E-state index contributed by atoms with van der Waals surface area (Å²) in [5.74, 6) is 4.13. The molecule has 2 N–H and O–H groups in total. The molecule has 0 rings (SSSR count). The van der Waals surface area contributed by atoms with Crippen molar-refractivity contribution >= 4 is 5.91 Å².